The lowest BCUT2D eigenvalue weighted by Gasteiger charge is -2.02. The van der Waals surface area contributed by atoms with Crippen LogP contribution in [0.2, 0.25) is 0 Å². The number of carbonyl (C=O) groups excluding carboxylic acids is 1. The Kier molecular flexibility index (Phi) is 4.28. The molecule has 0 spiro atoms. The third kappa shape index (κ3) is 3.00. The number of aromatic nitrogens is 3. The lowest BCUT2D eigenvalue weighted by atomic mass is 10.0. The number of fused-ring (bicyclic) bond motifs is 3. The van der Waals surface area contributed by atoms with Crippen LogP contribution in [0.4, 0.5) is 5.69 Å². The van der Waals surface area contributed by atoms with Crippen molar-refractivity contribution < 1.29 is 14.3 Å². The van der Waals surface area contributed by atoms with E-state index in [0.717, 1.165) is 45.1 Å². The molecule has 2 aromatic heterocycles. The van der Waals surface area contributed by atoms with Crippen LogP contribution in [0.25, 0.3) is 22.7 Å². The van der Waals surface area contributed by atoms with Crippen LogP contribution in [-0.2, 0) is 11.2 Å². The normalized spacial score (nSPS) is 14.2. The number of nitrogens with zero attached hydrogens (tertiary/aromatic N) is 1. The smallest absolute Gasteiger partial charge is 0.256 e. The molecule has 7 nitrogen and oxygen atoms in total. The number of carbonyl (C=O) groups is 1. The number of amides is 1. The molecule has 1 aliphatic rings. The Morgan fingerprint density at radius 2 is 1.87 bits per heavy atom. The summed E-state index contributed by atoms with van der Waals surface area (Å²) in [4.78, 5) is 24.0. The van der Waals surface area contributed by atoms with Crippen LogP contribution >= 0.6 is 0 Å². The maximum absolute atomic E-state index is 12.7. The molecule has 1 amide bonds. The Morgan fingerprint density at radius 3 is 2.63 bits per heavy atom. The molecule has 0 fully saturated rings. The maximum atomic E-state index is 12.7. The molecular formula is C23H20N4O3. The summed E-state index contributed by atoms with van der Waals surface area (Å²) >= 11 is 0. The van der Waals surface area contributed by atoms with Crippen LogP contribution in [-0.4, -0.2) is 35.1 Å². The second kappa shape index (κ2) is 7.11. The Bertz CT molecular complexity index is 1280. The van der Waals surface area contributed by atoms with Crippen LogP contribution in [0.15, 0.2) is 48.7 Å². The Labute approximate surface area is 172 Å². The van der Waals surface area contributed by atoms with Crippen molar-refractivity contribution in [2.45, 2.75) is 6.42 Å². The third-order valence-electron chi connectivity index (χ3n) is 5.24. The molecule has 0 saturated heterocycles. The molecule has 0 aliphatic carbocycles. The zero-order chi connectivity index (χ0) is 20.7. The number of anilines is 1. The van der Waals surface area contributed by atoms with Crippen molar-refractivity contribution >= 4 is 34.3 Å². The van der Waals surface area contributed by atoms with E-state index in [2.05, 4.69) is 15.3 Å². The van der Waals surface area contributed by atoms with Gasteiger partial charge in [-0.05, 0) is 42.0 Å². The van der Waals surface area contributed by atoms with Crippen LogP contribution < -0.4 is 14.8 Å². The molecule has 0 unspecified atom stereocenters. The number of benzene rings is 2. The third-order valence-corrected chi connectivity index (χ3v) is 5.24. The van der Waals surface area contributed by atoms with Crippen molar-refractivity contribution in [3.8, 4) is 11.5 Å². The molecule has 3 N–H and O–H groups in total. The number of imidazole rings is 1. The van der Waals surface area contributed by atoms with Gasteiger partial charge >= 0.3 is 0 Å². The van der Waals surface area contributed by atoms with Gasteiger partial charge in [-0.2, -0.15) is 0 Å². The first-order chi connectivity index (χ1) is 14.7. The van der Waals surface area contributed by atoms with Crippen molar-refractivity contribution in [3.63, 3.8) is 0 Å². The molecule has 4 aromatic rings. The zero-order valence-electron chi connectivity index (χ0n) is 16.6. The second-order valence-electron chi connectivity index (χ2n) is 7.06. The molecule has 3 heterocycles. The molecular weight excluding hydrogens is 380 g/mol. The van der Waals surface area contributed by atoms with Crippen molar-refractivity contribution in [1.82, 2.24) is 15.0 Å². The van der Waals surface area contributed by atoms with Crippen molar-refractivity contribution in [1.29, 1.82) is 0 Å². The standard InChI is InChI=1S/C23H20N4O3/c1-29-14-5-3-13(4-6-14)11-20-25-17-8-7-16-21(22(17)27-20)15(23(28)26-16)12-18-19(30-2)9-10-24-18/h3-10,12,24H,11H2,1-2H3,(H,25,27)(H,26,28). The van der Waals surface area contributed by atoms with E-state index in [1.807, 2.05) is 42.5 Å². The van der Waals surface area contributed by atoms with E-state index >= 15 is 0 Å². The zero-order valence-corrected chi connectivity index (χ0v) is 16.6. The second-order valence-corrected chi connectivity index (χ2v) is 7.06. The van der Waals surface area contributed by atoms with Gasteiger partial charge in [0.05, 0.1) is 42.2 Å². The van der Waals surface area contributed by atoms with Crippen molar-refractivity contribution in [2.24, 2.45) is 0 Å². The minimum atomic E-state index is -0.158. The molecule has 150 valence electrons. The van der Waals surface area contributed by atoms with Gasteiger partial charge in [0.25, 0.3) is 5.91 Å². The quantitative estimate of drug-likeness (QED) is 0.442. The molecule has 1 aliphatic heterocycles. The summed E-state index contributed by atoms with van der Waals surface area (Å²) in [7, 11) is 3.25. The first-order valence-corrected chi connectivity index (χ1v) is 9.55. The van der Waals surface area contributed by atoms with E-state index in [1.54, 1.807) is 26.5 Å². The van der Waals surface area contributed by atoms with Crippen molar-refractivity contribution in [2.75, 3.05) is 19.5 Å². The largest absolute Gasteiger partial charge is 0.497 e. The van der Waals surface area contributed by atoms with Gasteiger partial charge in [-0.1, -0.05) is 12.1 Å². The van der Waals surface area contributed by atoms with E-state index in [4.69, 9.17) is 14.5 Å². The van der Waals surface area contributed by atoms with Gasteiger partial charge in [-0.3, -0.25) is 4.79 Å². The SMILES string of the molecule is COc1ccc(Cc2nc3c4c(ccc3[nH]2)NC(=O)C4=Cc2[nH]ccc2OC)cc1. The molecule has 7 heteroatoms. The molecule has 0 bridgehead atoms. The molecule has 0 radical (unpaired) electrons. The summed E-state index contributed by atoms with van der Waals surface area (Å²) in [6, 6.07) is 13.6. The number of methoxy groups -OCH3 is 2. The fraction of sp³-hybridized carbons (Fsp3) is 0.130. The lowest BCUT2D eigenvalue weighted by Crippen LogP contribution is -2.03. The lowest BCUT2D eigenvalue weighted by molar-refractivity contribution is -0.110. The maximum Gasteiger partial charge on any atom is 0.256 e. The van der Waals surface area contributed by atoms with Crippen LogP contribution in [0, 0.1) is 0 Å². The molecule has 2 aromatic carbocycles. The predicted octanol–water partition coefficient (Wildman–Crippen LogP) is 3.99. The predicted molar refractivity (Wildman–Crippen MR) is 116 cm³/mol. The number of hydrogen-bond donors (Lipinski definition) is 3. The monoisotopic (exact) mass is 400 g/mol. The van der Waals surface area contributed by atoms with E-state index in [0.29, 0.717) is 17.7 Å². The summed E-state index contributed by atoms with van der Waals surface area (Å²) in [5.74, 6) is 2.17. The number of aromatic amines is 2. The number of rotatable bonds is 5. The first kappa shape index (κ1) is 18.1. The number of H-pyrrole nitrogens is 2. The minimum absolute atomic E-state index is 0.158. The number of nitrogens with one attached hydrogen (secondary N) is 3. The van der Waals surface area contributed by atoms with Crippen LogP contribution in [0.1, 0.15) is 22.6 Å². The number of ether oxygens (including phenoxy) is 2. The van der Waals surface area contributed by atoms with E-state index < -0.39 is 0 Å². The van der Waals surface area contributed by atoms with Crippen LogP contribution in [0.5, 0.6) is 11.5 Å². The van der Waals surface area contributed by atoms with E-state index in [9.17, 15) is 4.79 Å². The average Bonchev–Trinajstić information content (AvgIpc) is 3.45. The van der Waals surface area contributed by atoms with Gasteiger partial charge in [-0.15, -0.1) is 0 Å². The molecule has 30 heavy (non-hydrogen) atoms. The van der Waals surface area contributed by atoms with Crippen LogP contribution in [0.3, 0.4) is 0 Å². The fourth-order valence-corrected chi connectivity index (χ4v) is 3.77. The summed E-state index contributed by atoms with van der Waals surface area (Å²) in [6.07, 6.45) is 4.23. The average molecular weight is 400 g/mol. The van der Waals surface area contributed by atoms with Gasteiger partial charge in [0.1, 0.15) is 17.3 Å². The Balaban J connectivity index is 1.56. The summed E-state index contributed by atoms with van der Waals surface area (Å²) in [6.45, 7) is 0. The summed E-state index contributed by atoms with van der Waals surface area (Å²) in [5, 5.41) is 2.93. The van der Waals surface area contributed by atoms with Gasteiger partial charge in [0.15, 0.2) is 0 Å². The molecule has 0 saturated carbocycles. The van der Waals surface area contributed by atoms with Gasteiger partial charge < -0.3 is 24.8 Å². The highest BCUT2D eigenvalue weighted by molar-refractivity contribution is 6.37. The highest BCUT2D eigenvalue weighted by atomic mass is 16.5. The first-order valence-electron chi connectivity index (χ1n) is 9.55. The summed E-state index contributed by atoms with van der Waals surface area (Å²) in [5.41, 5.74) is 5.62. The van der Waals surface area contributed by atoms with Gasteiger partial charge in [0.2, 0.25) is 0 Å². The molecule has 0 atom stereocenters. The Morgan fingerprint density at radius 1 is 1.03 bits per heavy atom. The van der Waals surface area contributed by atoms with E-state index in [-0.39, 0.29) is 5.91 Å². The van der Waals surface area contributed by atoms with Gasteiger partial charge in [0, 0.05) is 18.2 Å². The van der Waals surface area contributed by atoms with E-state index in [1.165, 1.54) is 0 Å². The number of hydrogen-bond acceptors (Lipinski definition) is 4. The molecule has 5 rings (SSSR count). The highest BCUT2D eigenvalue weighted by Crippen LogP contribution is 2.38. The minimum Gasteiger partial charge on any atom is -0.497 e. The van der Waals surface area contributed by atoms with Crippen molar-refractivity contribution in [3.05, 3.63) is 71.3 Å². The van der Waals surface area contributed by atoms with Gasteiger partial charge in [-0.25, -0.2) is 4.98 Å². The Hall–Kier alpha value is -4.00. The summed E-state index contributed by atoms with van der Waals surface area (Å²) < 4.78 is 10.6. The fourth-order valence-electron chi connectivity index (χ4n) is 3.77. The highest BCUT2D eigenvalue weighted by Gasteiger charge is 2.28. The topological polar surface area (TPSA) is 92.0 Å².